The van der Waals surface area contributed by atoms with E-state index in [1.165, 1.54) is 0 Å². The number of furan rings is 2. The molecule has 0 saturated heterocycles. The largest absolute Gasteiger partial charge is 0.456 e. The Kier molecular flexibility index (Phi) is 10.4. The van der Waals surface area contributed by atoms with Crippen molar-refractivity contribution < 1.29 is 8.83 Å². The zero-order valence-electron chi connectivity index (χ0n) is 38.5. The first kappa shape index (κ1) is 42.1. The molecule has 69 heavy (non-hydrogen) atoms. The van der Waals surface area contributed by atoms with Gasteiger partial charge in [-0.2, -0.15) is 0 Å². The predicted octanol–water partition coefficient (Wildman–Crippen LogP) is 19.4. The molecule has 4 nitrogen and oxygen atoms in total. The molecule has 0 atom stereocenters. The van der Waals surface area contributed by atoms with Crippen molar-refractivity contribution in [2.75, 3.05) is 9.80 Å². The number of halogens is 1. The number of anilines is 6. The van der Waals surface area contributed by atoms with Crippen LogP contribution in [-0.4, -0.2) is 0 Å². The number of benzene rings is 10. The Bertz CT molecular complexity index is 3810. The van der Waals surface area contributed by atoms with E-state index in [0.717, 1.165) is 117 Å². The lowest BCUT2D eigenvalue weighted by molar-refractivity contribution is 0.590. The van der Waals surface area contributed by atoms with Gasteiger partial charge in [0.25, 0.3) is 0 Å². The zero-order chi connectivity index (χ0) is 46.6. The van der Waals surface area contributed by atoms with E-state index in [1.54, 1.807) is 0 Å². The molecule has 332 valence electrons. The first-order chi connectivity index (χ1) is 33.8. The maximum absolute atomic E-state index is 6.73. The van der Waals surface area contributed by atoms with Gasteiger partial charge in [-0.05, 0) is 124 Å². The minimum absolute atomic E-state index is 0.271. The van der Waals surface area contributed by atoms with Crippen LogP contribution in [0.2, 0.25) is 5.02 Å². The van der Waals surface area contributed by atoms with Crippen molar-refractivity contribution in [1.29, 1.82) is 0 Å². The summed E-state index contributed by atoms with van der Waals surface area (Å²) in [4.78, 5) is 4.86. The van der Waals surface area contributed by atoms with E-state index in [-0.39, 0.29) is 5.41 Å². The van der Waals surface area contributed by atoms with Crippen molar-refractivity contribution in [3.05, 3.63) is 241 Å². The quantitative estimate of drug-likeness (QED) is 0.144. The maximum atomic E-state index is 6.73. The topological polar surface area (TPSA) is 32.8 Å². The lowest BCUT2D eigenvalue weighted by Crippen LogP contribution is -2.18. The van der Waals surface area contributed by atoms with Crippen LogP contribution in [-0.2, 0) is 5.41 Å². The Morgan fingerprint density at radius 3 is 1.19 bits per heavy atom. The van der Waals surface area contributed by atoms with Gasteiger partial charge in [-0.15, -0.1) is 0 Å². The van der Waals surface area contributed by atoms with Crippen molar-refractivity contribution >= 4 is 89.6 Å². The average molecular weight is 912 g/mol. The summed E-state index contributed by atoms with van der Waals surface area (Å²) in [5.41, 5.74) is 16.8. The van der Waals surface area contributed by atoms with E-state index in [2.05, 4.69) is 237 Å². The standard InChI is InChI=1S/C64H47ClN2O2/c1-64(2,3)46-39-50(41-51(40-46)67(49-33-29-47(65)30-34-49)63-53(45-21-11-6-12-22-45)36-38-59-61(63)55-24-14-16-26-57(55)69-59)66(48-31-27-43(28-32-48)42-17-7-4-8-18-42)62-52(44-19-9-5-10-20-44)35-37-58-60(62)54-23-13-15-25-56(54)68-58/h4-41H,1-3H3. The van der Waals surface area contributed by atoms with Crippen molar-refractivity contribution in [3.8, 4) is 33.4 Å². The van der Waals surface area contributed by atoms with E-state index < -0.39 is 0 Å². The summed E-state index contributed by atoms with van der Waals surface area (Å²) in [5, 5.41) is 4.82. The molecule has 5 heteroatoms. The number of rotatable bonds is 9. The van der Waals surface area contributed by atoms with Crippen molar-refractivity contribution in [3.63, 3.8) is 0 Å². The molecule has 0 N–H and O–H groups in total. The van der Waals surface area contributed by atoms with Crippen molar-refractivity contribution in [2.24, 2.45) is 0 Å². The SMILES string of the molecule is CC(C)(C)c1cc(N(c2ccc(Cl)cc2)c2c(-c3ccccc3)ccc3oc4ccccc4c23)cc(N(c2ccc(-c3ccccc3)cc2)c2c(-c3ccccc3)ccc3oc4ccccc4c23)c1. The van der Waals surface area contributed by atoms with Crippen LogP contribution in [0, 0.1) is 0 Å². The number of fused-ring (bicyclic) bond motifs is 6. The highest BCUT2D eigenvalue weighted by molar-refractivity contribution is 6.30. The van der Waals surface area contributed by atoms with Gasteiger partial charge in [-0.3, -0.25) is 0 Å². The van der Waals surface area contributed by atoms with Gasteiger partial charge in [0.1, 0.15) is 22.3 Å². The fourth-order valence-corrected chi connectivity index (χ4v) is 10.0. The van der Waals surface area contributed by atoms with Crippen LogP contribution in [0.1, 0.15) is 26.3 Å². The number of hydrogen-bond acceptors (Lipinski definition) is 4. The van der Waals surface area contributed by atoms with Crippen LogP contribution in [0.25, 0.3) is 77.3 Å². The second-order valence-electron chi connectivity index (χ2n) is 18.6. The third kappa shape index (κ3) is 7.60. The van der Waals surface area contributed by atoms with Crippen molar-refractivity contribution in [2.45, 2.75) is 26.2 Å². The van der Waals surface area contributed by atoms with Gasteiger partial charge in [0.05, 0.1) is 22.1 Å². The summed E-state index contributed by atoms with van der Waals surface area (Å²) >= 11 is 6.73. The maximum Gasteiger partial charge on any atom is 0.137 e. The molecule has 0 aliphatic rings. The normalized spacial score (nSPS) is 11.8. The van der Waals surface area contributed by atoms with Gasteiger partial charge in [0, 0.05) is 49.7 Å². The molecule has 0 fully saturated rings. The van der Waals surface area contributed by atoms with Crippen LogP contribution in [0.3, 0.4) is 0 Å². The van der Waals surface area contributed by atoms with Crippen LogP contribution in [0.4, 0.5) is 34.1 Å². The minimum Gasteiger partial charge on any atom is -0.456 e. The number of nitrogens with zero attached hydrogens (tertiary/aromatic N) is 2. The molecule has 0 aliphatic heterocycles. The van der Waals surface area contributed by atoms with Gasteiger partial charge in [0.2, 0.25) is 0 Å². The molecule has 12 aromatic rings. The summed E-state index contributed by atoms with van der Waals surface area (Å²) in [6.45, 7) is 6.88. The first-order valence-electron chi connectivity index (χ1n) is 23.4. The molecule has 0 aliphatic carbocycles. The smallest absolute Gasteiger partial charge is 0.137 e. The molecule has 0 radical (unpaired) electrons. The summed E-state index contributed by atoms with van der Waals surface area (Å²) in [7, 11) is 0. The lowest BCUT2D eigenvalue weighted by Gasteiger charge is -2.34. The third-order valence-corrected chi connectivity index (χ3v) is 13.5. The molecule has 12 rings (SSSR count). The second kappa shape index (κ2) is 17.1. The fourth-order valence-electron chi connectivity index (χ4n) is 9.89. The Balaban J connectivity index is 1.21. The molecule has 2 heterocycles. The van der Waals surface area contributed by atoms with E-state index in [9.17, 15) is 0 Å². The lowest BCUT2D eigenvalue weighted by atomic mass is 9.85. The summed E-state index contributed by atoms with van der Waals surface area (Å²) < 4.78 is 13.4. The van der Waals surface area contributed by atoms with Gasteiger partial charge in [-0.1, -0.05) is 172 Å². The molecule has 2 aromatic heterocycles. The van der Waals surface area contributed by atoms with Crippen LogP contribution in [0.5, 0.6) is 0 Å². The fraction of sp³-hybridized carbons (Fsp3) is 0.0625. The van der Waals surface area contributed by atoms with E-state index >= 15 is 0 Å². The highest BCUT2D eigenvalue weighted by atomic mass is 35.5. The van der Waals surface area contributed by atoms with Gasteiger partial charge < -0.3 is 18.6 Å². The highest BCUT2D eigenvalue weighted by Crippen LogP contribution is 2.53. The summed E-state index contributed by atoms with van der Waals surface area (Å²) in [5.74, 6) is 0. The monoisotopic (exact) mass is 910 g/mol. The highest BCUT2D eigenvalue weighted by Gasteiger charge is 2.29. The zero-order valence-corrected chi connectivity index (χ0v) is 39.3. The summed E-state index contributed by atoms with van der Waals surface area (Å²) in [6.07, 6.45) is 0. The molecular formula is C64H47ClN2O2. The molecule has 0 spiro atoms. The molecule has 0 amide bonds. The van der Waals surface area contributed by atoms with E-state index in [1.807, 2.05) is 24.3 Å². The third-order valence-electron chi connectivity index (χ3n) is 13.3. The molecular weight excluding hydrogens is 864 g/mol. The average Bonchev–Trinajstić information content (AvgIpc) is 3.97. The predicted molar refractivity (Wildman–Crippen MR) is 290 cm³/mol. The van der Waals surface area contributed by atoms with Gasteiger partial charge in [0.15, 0.2) is 0 Å². The minimum atomic E-state index is -0.271. The van der Waals surface area contributed by atoms with Crippen LogP contribution < -0.4 is 9.80 Å². The van der Waals surface area contributed by atoms with Gasteiger partial charge >= 0.3 is 0 Å². The van der Waals surface area contributed by atoms with E-state index in [0.29, 0.717) is 5.02 Å². The van der Waals surface area contributed by atoms with E-state index in [4.69, 9.17) is 20.4 Å². The number of hydrogen-bond donors (Lipinski definition) is 0. The Morgan fingerprint density at radius 1 is 0.348 bits per heavy atom. The molecule has 0 unspecified atom stereocenters. The molecule has 10 aromatic carbocycles. The number of para-hydroxylation sites is 2. The first-order valence-corrected chi connectivity index (χ1v) is 23.8. The Labute approximate surface area is 406 Å². The van der Waals surface area contributed by atoms with Crippen LogP contribution in [0.15, 0.2) is 239 Å². The molecule has 0 bridgehead atoms. The van der Waals surface area contributed by atoms with Crippen molar-refractivity contribution in [1.82, 2.24) is 0 Å². The second-order valence-corrected chi connectivity index (χ2v) is 19.1. The Hall–Kier alpha value is -8.31. The summed E-state index contributed by atoms with van der Waals surface area (Å²) in [6, 6.07) is 81.5. The van der Waals surface area contributed by atoms with Gasteiger partial charge in [-0.25, -0.2) is 0 Å². The Morgan fingerprint density at radius 2 is 0.739 bits per heavy atom. The molecule has 0 saturated carbocycles. The van der Waals surface area contributed by atoms with Crippen LogP contribution >= 0.6 is 11.6 Å².